The number of rotatable bonds is 8. The largest absolute Gasteiger partial charge is 0.368 e. The fraction of sp³-hybridized carbons (Fsp3) is 0.900. The van der Waals surface area contributed by atoms with E-state index in [2.05, 4.69) is 6.92 Å². The molecule has 84 valence electrons. The first-order valence-corrected chi connectivity index (χ1v) is 6.32. The van der Waals surface area contributed by atoms with Gasteiger partial charge in [-0.25, -0.2) is 0 Å². The lowest BCUT2D eigenvalue weighted by Gasteiger charge is -2.19. The Labute approximate surface area is 91.0 Å². The molecule has 0 aromatic carbocycles. The SMILES string of the molecule is CCCSCCCCC(C)(N)C(N)=O. The molecular weight excluding hydrogens is 196 g/mol. The van der Waals surface area contributed by atoms with E-state index in [1.54, 1.807) is 6.92 Å². The van der Waals surface area contributed by atoms with E-state index in [-0.39, 0.29) is 0 Å². The Balaban J connectivity index is 3.40. The van der Waals surface area contributed by atoms with Gasteiger partial charge in [-0.3, -0.25) is 4.79 Å². The monoisotopic (exact) mass is 218 g/mol. The molecule has 1 amide bonds. The van der Waals surface area contributed by atoms with Gasteiger partial charge >= 0.3 is 0 Å². The third kappa shape index (κ3) is 6.27. The molecule has 0 fully saturated rings. The second-order valence-electron chi connectivity index (χ2n) is 3.85. The Morgan fingerprint density at radius 1 is 1.36 bits per heavy atom. The first-order valence-electron chi connectivity index (χ1n) is 5.17. The summed E-state index contributed by atoms with van der Waals surface area (Å²) < 4.78 is 0. The first-order chi connectivity index (χ1) is 6.50. The van der Waals surface area contributed by atoms with Crippen LogP contribution in [0.15, 0.2) is 0 Å². The number of carbonyl (C=O) groups is 1. The summed E-state index contributed by atoms with van der Waals surface area (Å²) in [5.74, 6) is 1.97. The van der Waals surface area contributed by atoms with Crippen molar-refractivity contribution in [3.05, 3.63) is 0 Å². The van der Waals surface area contributed by atoms with Crippen molar-refractivity contribution < 1.29 is 4.79 Å². The number of amides is 1. The van der Waals surface area contributed by atoms with Gasteiger partial charge in [0.25, 0.3) is 0 Å². The zero-order valence-electron chi connectivity index (χ0n) is 9.21. The van der Waals surface area contributed by atoms with E-state index in [1.807, 2.05) is 11.8 Å². The van der Waals surface area contributed by atoms with Crippen LogP contribution in [0.3, 0.4) is 0 Å². The maximum absolute atomic E-state index is 10.9. The number of primary amides is 1. The molecule has 0 aromatic rings. The van der Waals surface area contributed by atoms with Crippen LogP contribution in [-0.2, 0) is 4.79 Å². The Hall–Kier alpha value is -0.220. The lowest BCUT2D eigenvalue weighted by Crippen LogP contribution is -2.49. The predicted molar refractivity (Wildman–Crippen MR) is 63.3 cm³/mol. The molecule has 1 unspecified atom stereocenters. The minimum atomic E-state index is -0.824. The molecule has 1 atom stereocenters. The van der Waals surface area contributed by atoms with Crippen molar-refractivity contribution in [2.45, 2.75) is 45.1 Å². The summed E-state index contributed by atoms with van der Waals surface area (Å²) in [6, 6.07) is 0. The zero-order valence-corrected chi connectivity index (χ0v) is 10.0. The highest BCUT2D eigenvalue weighted by molar-refractivity contribution is 7.99. The smallest absolute Gasteiger partial charge is 0.237 e. The molecule has 14 heavy (non-hydrogen) atoms. The van der Waals surface area contributed by atoms with Crippen molar-refractivity contribution in [1.82, 2.24) is 0 Å². The normalized spacial score (nSPS) is 15.1. The lowest BCUT2D eigenvalue weighted by atomic mass is 9.96. The molecule has 0 spiro atoms. The molecule has 0 aliphatic carbocycles. The van der Waals surface area contributed by atoms with Crippen molar-refractivity contribution >= 4 is 17.7 Å². The summed E-state index contributed by atoms with van der Waals surface area (Å²) in [7, 11) is 0. The summed E-state index contributed by atoms with van der Waals surface area (Å²) in [5, 5.41) is 0. The Bertz CT molecular complexity index is 172. The number of hydrogen-bond donors (Lipinski definition) is 2. The molecule has 0 aromatic heterocycles. The second kappa shape index (κ2) is 7.12. The zero-order chi connectivity index (χ0) is 11.0. The molecule has 0 radical (unpaired) electrons. The maximum Gasteiger partial charge on any atom is 0.237 e. The summed E-state index contributed by atoms with van der Waals surface area (Å²) in [6.45, 7) is 3.88. The van der Waals surface area contributed by atoms with E-state index in [0.29, 0.717) is 6.42 Å². The third-order valence-corrected chi connectivity index (χ3v) is 3.42. The fourth-order valence-electron chi connectivity index (χ4n) is 1.07. The van der Waals surface area contributed by atoms with E-state index in [4.69, 9.17) is 11.5 Å². The molecule has 0 rings (SSSR count). The van der Waals surface area contributed by atoms with E-state index in [0.717, 1.165) is 18.6 Å². The highest BCUT2D eigenvalue weighted by atomic mass is 32.2. The van der Waals surface area contributed by atoms with Crippen molar-refractivity contribution in [3.8, 4) is 0 Å². The van der Waals surface area contributed by atoms with Crippen LogP contribution in [0.25, 0.3) is 0 Å². The van der Waals surface area contributed by atoms with Gasteiger partial charge in [0, 0.05) is 0 Å². The number of carbonyl (C=O) groups excluding carboxylic acids is 1. The molecule has 4 N–H and O–H groups in total. The van der Waals surface area contributed by atoms with Crippen LogP contribution in [0.1, 0.15) is 39.5 Å². The maximum atomic E-state index is 10.9. The van der Waals surface area contributed by atoms with Gasteiger partial charge in [0.1, 0.15) is 0 Å². The average Bonchev–Trinajstić information content (AvgIpc) is 2.10. The molecule has 0 aliphatic rings. The van der Waals surface area contributed by atoms with Crippen LogP contribution < -0.4 is 11.5 Å². The van der Waals surface area contributed by atoms with Crippen LogP contribution in [0.4, 0.5) is 0 Å². The summed E-state index contributed by atoms with van der Waals surface area (Å²) in [6.07, 6.45) is 4.01. The van der Waals surface area contributed by atoms with Gasteiger partial charge in [0.2, 0.25) is 5.91 Å². The van der Waals surface area contributed by atoms with E-state index in [1.165, 1.54) is 12.2 Å². The Kier molecular flexibility index (Phi) is 7.01. The average molecular weight is 218 g/mol. The Morgan fingerprint density at radius 2 is 2.00 bits per heavy atom. The van der Waals surface area contributed by atoms with E-state index < -0.39 is 11.4 Å². The van der Waals surface area contributed by atoms with Crippen LogP contribution in [-0.4, -0.2) is 23.0 Å². The highest BCUT2D eigenvalue weighted by Crippen LogP contribution is 2.13. The minimum absolute atomic E-state index is 0.404. The van der Waals surface area contributed by atoms with Gasteiger partial charge in [-0.1, -0.05) is 13.3 Å². The first kappa shape index (κ1) is 13.8. The fourth-order valence-corrected chi connectivity index (χ4v) is 1.97. The molecule has 4 heteroatoms. The number of unbranched alkanes of at least 4 members (excludes halogenated alkanes) is 1. The minimum Gasteiger partial charge on any atom is -0.368 e. The quantitative estimate of drug-likeness (QED) is 0.607. The van der Waals surface area contributed by atoms with Crippen molar-refractivity contribution in [1.29, 1.82) is 0 Å². The molecular formula is C10H22N2OS. The summed E-state index contributed by atoms with van der Waals surface area (Å²) in [4.78, 5) is 10.9. The van der Waals surface area contributed by atoms with E-state index in [9.17, 15) is 4.79 Å². The van der Waals surface area contributed by atoms with Crippen LogP contribution in [0.2, 0.25) is 0 Å². The molecule has 0 saturated carbocycles. The number of thioether (sulfide) groups is 1. The molecule has 0 bridgehead atoms. The topological polar surface area (TPSA) is 69.1 Å². The van der Waals surface area contributed by atoms with Crippen molar-refractivity contribution in [2.24, 2.45) is 11.5 Å². The second-order valence-corrected chi connectivity index (χ2v) is 5.08. The predicted octanol–water partition coefficient (Wildman–Crippen LogP) is 1.50. The summed E-state index contributed by atoms with van der Waals surface area (Å²) >= 11 is 1.96. The van der Waals surface area contributed by atoms with Crippen LogP contribution >= 0.6 is 11.8 Å². The lowest BCUT2D eigenvalue weighted by molar-refractivity contribution is -0.122. The van der Waals surface area contributed by atoms with Crippen LogP contribution in [0, 0.1) is 0 Å². The molecule has 3 nitrogen and oxygen atoms in total. The van der Waals surface area contributed by atoms with Crippen LogP contribution in [0.5, 0.6) is 0 Å². The molecule has 0 saturated heterocycles. The molecule has 0 heterocycles. The van der Waals surface area contributed by atoms with Crippen molar-refractivity contribution in [2.75, 3.05) is 11.5 Å². The van der Waals surface area contributed by atoms with Gasteiger partial charge in [-0.2, -0.15) is 11.8 Å². The van der Waals surface area contributed by atoms with Gasteiger partial charge < -0.3 is 11.5 Å². The molecule has 0 aliphatic heterocycles. The summed E-state index contributed by atoms with van der Waals surface area (Å²) in [5.41, 5.74) is 10.1. The van der Waals surface area contributed by atoms with E-state index >= 15 is 0 Å². The standard InChI is InChI=1S/C10H22N2OS/c1-3-7-14-8-5-4-6-10(2,12)9(11)13/h3-8,12H2,1-2H3,(H2,11,13). The van der Waals surface area contributed by atoms with Gasteiger partial charge in [-0.15, -0.1) is 0 Å². The van der Waals surface area contributed by atoms with Gasteiger partial charge in [0.05, 0.1) is 5.54 Å². The third-order valence-electron chi connectivity index (χ3n) is 2.15. The van der Waals surface area contributed by atoms with Gasteiger partial charge in [0.15, 0.2) is 0 Å². The number of nitrogens with two attached hydrogens (primary N) is 2. The highest BCUT2D eigenvalue weighted by Gasteiger charge is 2.24. The van der Waals surface area contributed by atoms with Crippen molar-refractivity contribution in [3.63, 3.8) is 0 Å². The van der Waals surface area contributed by atoms with Gasteiger partial charge in [-0.05, 0) is 37.7 Å². The number of hydrogen-bond acceptors (Lipinski definition) is 3. The Morgan fingerprint density at radius 3 is 2.50 bits per heavy atom.